The molecule has 0 fully saturated rings. The summed E-state index contributed by atoms with van der Waals surface area (Å²) in [6, 6.07) is 16.7. The van der Waals surface area contributed by atoms with E-state index in [4.69, 9.17) is 9.26 Å². The first-order valence-electron chi connectivity index (χ1n) is 7.55. The number of rotatable bonds is 4. The predicted octanol–water partition coefficient (Wildman–Crippen LogP) is 4.64. The highest BCUT2D eigenvalue weighted by Crippen LogP contribution is 2.31. The van der Waals surface area contributed by atoms with Crippen LogP contribution in [0, 0.1) is 6.92 Å². The summed E-state index contributed by atoms with van der Waals surface area (Å²) in [5.74, 6) is 1.71. The van der Waals surface area contributed by atoms with E-state index in [0.717, 1.165) is 16.0 Å². The fourth-order valence-corrected chi connectivity index (χ4v) is 3.17. The van der Waals surface area contributed by atoms with Crippen molar-refractivity contribution in [3.63, 3.8) is 0 Å². The summed E-state index contributed by atoms with van der Waals surface area (Å²) in [5.41, 5.74) is 1.02. The molecule has 0 atom stereocenters. The molecule has 25 heavy (non-hydrogen) atoms. The van der Waals surface area contributed by atoms with Gasteiger partial charge in [-0.15, -0.1) is 0 Å². The molecular formula is C18H13N3O3S. The van der Waals surface area contributed by atoms with E-state index < -0.39 is 0 Å². The van der Waals surface area contributed by atoms with Gasteiger partial charge in [-0.2, -0.15) is 0 Å². The molecule has 7 heteroatoms. The summed E-state index contributed by atoms with van der Waals surface area (Å²) in [4.78, 5) is 16.5. The predicted molar refractivity (Wildman–Crippen MR) is 95.3 cm³/mol. The van der Waals surface area contributed by atoms with Gasteiger partial charge >= 0.3 is 0 Å². The summed E-state index contributed by atoms with van der Waals surface area (Å²) >= 11 is 1.37. The number of hydrogen-bond donors (Lipinski definition) is 1. The molecule has 0 aliphatic rings. The Hall–Kier alpha value is -3.19. The molecule has 0 radical (unpaired) electrons. The van der Waals surface area contributed by atoms with Crippen molar-refractivity contribution in [2.75, 3.05) is 5.32 Å². The van der Waals surface area contributed by atoms with Crippen molar-refractivity contribution < 1.29 is 14.1 Å². The summed E-state index contributed by atoms with van der Waals surface area (Å²) < 4.78 is 11.6. The summed E-state index contributed by atoms with van der Waals surface area (Å²) in [7, 11) is 0. The highest BCUT2D eigenvalue weighted by Gasteiger charge is 2.14. The van der Waals surface area contributed by atoms with Gasteiger partial charge in [0, 0.05) is 12.1 Å². The van der Waals surface area contributed by atoms with Crippen LogP contribution in [0.2, 0.25) is 0 Å². The first-order valence-corrected chi connectivity index (χ1v) is 8.37. The average molecular weight is 351 g/mol. The van der Waals surface area contributed by atoms with Gasteiger partial charge in [-0.05, 0) is 31.2 Å². The standard InChI is InChI=1S/C18H13N3O3S/c1-11-9-15(21-24-11)17(22)20-18-19-14-8-7-13(10-16(14)25-18)23-12-5-3-2-4-6-12/h2-10H,1H3,(H,19,20,22). The van der Waals surface area contributed by atoms with Crippen molar-refractivity contribution in [1.29, 1.82) is 0 Å². The van der Waals surface area contributed by atoms with Gasteiger partial charge in [0.05, 0.1) is 10.2 Å². The monoisotopic (exact) mass is 351 g/mol. The number of thiazole rings is 1. The van der Waals surface area contributed by atoms with Gasteiger partial charge in [-0.3, -0.25) is 10.1 Å². The number of hydrogen-bond acceptors (Lipinski definition) is 6. The fourth-order valence-electron chi connectivity index (χ4n) is 2.28. The first kappa shape index (κ1) is 15.3. The highest BCUT2D eigenvalue weighted by atomic mass is 32.1. The Labute approximate surface area is 147 Å². The molecule has 4 rings (SSSR count). The molecule has 0 unspecified atom stereocenters. The van der Waals surface area contributed by atoms with Gasteiger partial charge in [0.1, 0.15) is 17.3 Å². The lowest BCUT2D eigenvalue weighted by atomic mass is 10.3. The Morgan fingerprint density at radius 1 is 1.12 bits per heavy atom. The van der Waals surface area contributed by atoms with Crippen LogP contribution in [-0.4, -0.2) is 16.0 Å². The summed E-state index contributed by atoms with van der Waals surface area (Å²) in [5, 5.41) is 6.93. The topological polar surface area (TPSA) is 77.2 Å². The zero-order valence-corrected chi connectivity index (χ0v) is 14.0. The van der Waals surface area contributed by atoms with Crippen molar-refractivity contribution in [2.24, 2.45) is 0 Å². The lowest BCUT2D eigenvalue weighted by Crippen LogP contribution is -2.11. The lowest BCUT2D eigenvalue weighted by Gasteiger charge is -2.04. The second-order valence-electron chi connectivity index (χ2n) is 5.34. The van der Waals surface area contributed by atoms with Crippen LogP contribution in [-0.2, 0) is 0 Å². The molecule has 0 saturated heterocycles. The van der Waals surface area contributed by atoms with E-state index >= 15 is 0 Å². The molecule has 2 aromatic heterocycles. The molecule has 2 aromatic carbocycles. The molecule has 0 saturated carbocycles. The number of nitrogens with zero attached hydrogens (tertiary/aromatic N) is 2. The minimum absolute atomic E-state index is 0.227. The number of ether oxygens (including phenoxy) is 1. The summed E-state index contributed by atoms with van der Waals surface area (Å²) in [6.45, 7) is 1.73. The van der Waals surface area contributed by atoms with E-state index in [-0.39, 0.29) is 11.6 Å². The van der Waals surface area contributed by atoms with Gasteiger partial charge in [-0.25, -0.2) is 4.98 Å². The fraction of sp³-hybridized carbons (Fsp3) is 0.0556. The third-order valence-corrected chi connectivity index (χ3v) is 4.35. The molecule has 0 aliphatic carbocycles. The van der Waals surface area contributed by atoms with Crippen molar-refractivity contribution in [3.05, 3.63) is 66.1 Å². The van der Waals surface area contributed by atoms with Gasteiger partial charge < -0.3 is 9.26 Å². The molecule has 4 aromatic rings. The molecule has 0 aliphatic heterocycles. The SMILES string of the molecule is Cc1cc(C(=O)Nc2nc3ccc(Oc4ccccc4)cc3s2)no1. The zero-order valence-electron chi connectivity index (χ0n) is 13.2. The third kappa shape index (κ3) is 3.36. The van der Waals surface area contributed by atoms with Gasteiger partial charge in [-0.1, -0.05) is 34.7 Å². The van der Waals surface area contributed by atoms with Crippen LogP contribution >= 0.6 is 11.3 Å². The number of aryl methyl sites for hydroxylation is 1. The van der Waals surface area contributed by atoms with Crippen molar-refractivity contribution in [2.45, 2.75) is 6.92 Å². The van der Waals surface area contributed by atoms with Crippen LogP contribution in [0.4, 0.5) is 5.13 Å². The van der Waals surface area contributed by atoms with E-state index in [0.29, 0.717) is 16.6 Å². The Bertz CT molecular complexity index is 1040. The maximum absolute atomic E-state index is 12.1. The number of para-hydroxylation sites is 1. The molecular weight excluding hydrogens is 338 g/mol. The second kappa shape index (κ2) is 6.37. The number of aromatic nitrogens is 2. The smallest absolute Gasteiger partial charge is 0.279 e. The first-order chi connectivity index (χ1) is 12.2. The van der Waals surface area contributed by atoms with Gasteiger partial charge in [0.25, 0.3) is 5.91 Å². The molecule has 2 heterocycles. The van der Waals surface area contributed by atoms with Gasteiger partial charge in [0.2, 0.25) is 0 Å². The largest absolute Gasteiger partial charge is 0.457 e. The number of amides is 1. The third-order valence-electron chi connectivity index (χ3n) is 3.42. The molecule has 124 valence electrons. The van der Waals surface area contributed by atoms with E-state index in [1.165, 1.54) is 11.3 Å². The Morgan fingerprint density at radius 2 is 1.96 bits per heavy atom. The summed E-state index contributed by atoms with van der Waals surface area (Å²) in [6.07, 6.45) is 0. The lowest BCUT2D eigenvalue weighted by molar-refractivity contribution is 0.101. The molecule has 0 bridgehead atoms. The normalized spacial score (nSPS) is 10.8. The molecule has 1 amide bonds. The number of nitrogens with one attached hydrogen (secondary N) is 1. The van der Waals surface area contributed by atoms with Crippen molar-refractivity contribution >= 4 is 32.6 Å². The van der Waals surface area contributed by atoms with Crippen LogP contribution in [0.5, 0.6) is 11.5 Å². The number of carbonyl (C=O) groups excluding carboxylic acids is 1. The van der Waals surface area contributed by atoms with Crippen molar-refractivity contribution in [1.82, 2.24) is 10.1 Å². The van der Waals surface area contributed by atoms with Crippen LogP contribution in [0.25, 0.3) is 10.2 Å². The molecule has 0 spiro atoms. The minimum atomic E-state index is -0.350. The second-order valence-corrected chi connectivity index (χ2v) is 6.37. The van der Waals surface area contributed by atoms with Crippen LogP contribution in [0.15, 0.2) is 59.1 Å². The van der Waals surface area contributed by atoms with Crippen LogP contribution < -0.4 is 10.1 Å². The number of anilines is 1. The zero-order chi connectivity index (χ0) is 17.2. The van der Waals surface area contributed by atoms with E-state index in [9.17, 15) is 4.79 Å². The Kier molecular flexibility index (Phi) is 3.91. The van der Waals surface area contributed by atoms with Gasteiger partial charge in [0.15, 0.2) is 10.8 Å². The highest BCUT2D eigenvalue weighted by molar-refractivity contribution is 7.22. The number of fused-ring (bicyclic) bond motifs is 1. The van der Waals surface area contributed by atoms with E-state index in [1.807, 2.05) is 48.5 Å². The van der Waals surface area contributed by atoms with Crippen LogP contribution in [0.1, 0.15) is 16.2 Å². The van der Waals surface area contributed by atoms with Crippen LogP contribution in [0.3, 0.4) is 0 Å². The average Bonchev–Trinajstić information content (AvgIpc) is 3.21. The molecule has 6 nitrogen and oxygen atoms in total. The Morgan fingerprint density at radius 3 is 2.72 bits per heavy atom. The number of carbonyl (C=O) groups is 1. The molecule has 1 N–H and O–H groups in total. The maximum Gasteiger partial charge on any atom is 0.279 e. The Balaban J connectivity index is 1.55. The van der Waals surface area contributed by atoms with E-state index in [2.05, 4.69) is 15.5 Å². The van der Waals surface area contributed by atoms with Crippen molar-refractivity contribution in [3.8, 4) is 11.5 Å². The number of benzene rings is 2. The quantitative estimate of drug-likeness (QED) is 0.580. The van der Waals surface area contributed by atoms with E-state index in [1.54, 1.807) is 13.0 Å². The maximum atomic E-state index is 12.1. The minimum Gasteiger partial charge on any atom is -0.457 e.